The molecule has 2 saturated heterocycles. The van der Waals surface area contributed by atoms with E-state index >= 15 is 0 Å². The summed E-state index contributed by atoms with van der Waals surface area (Å²) in [6.45, 7) is 8.71. The normalized spacial score (nSPS) is 23.3. The summed E-state index contributed by atoms with van der Waals surface area (Å²) in [5.74, 6) is -0.118. The summed E-state index contributed by atoms with van der Waals surface area (Å²) in [5.41, 5.74) is 3.64. The highest BCUT2D eigenvalue weighted by molar-refractivity contribution is 5.82. The van der Waals surface area contributed by atoms with Gasteiger partial charge < -0.3 is 15.0 Å². The fourth-order valence-electron chi connectivity index (χ4n) is 5.58. The van der Waals surface area contributed by atoms with Crippen LogP contribution in [-0.4, -0.2) is 80.8 Å². The van der Waals surface area contributed by atoms with Gasteiger partial charge in [-0.1, -0.05) is 30.3 Å². The van der Waals surface area contributed by atoms with E-state index in [1.165, 1.54) is 23.4 Å². The van der Waals surface area contributed by atoms with E-state index in [0.29, 0.717) is 6.54 Å². The number of halogens is 1. The van der Waals surface area contributed by atoms with Crippen LogP contribution in [0, 0.1) is 11.7 Å². The third kappa shape index (κ3) is 5.43. The average Bonchev–Trinajstić information content (AvgIpc) is 2.88. The van der Waals surface area contributed by atoms with Crippen molar-refractivity contribution in [2.24, 2.45) is 5.92 Å². The molecular weight excluding hydrogens is 431 g/mol. The van der Waals surface area contributed by atoms with Gasteiger partial charge in [-0.3, -0.25) is 14.6 Å². The fraction of sp³-hybridized carbons (Fsp3) is 0.519. The van der Waals surface area contributed by atoms with Crippen molar-refractivity contribution in [2.75, 3.05) is 63.9 Å². The number of benzene rings is 2. The summed E-state index contributed by atoms with van der Waals surface area (Å²) in [5, 5.41) is 3.24. The third-order valence-electron chi connectivity index (χ3n) is 7.42. The van der Waals surface area contributed by atoms with Crippen molar-refractivity contribution in [3.05, 3.63) is 65.5 Å². The summed E-state index contributed by atoms with van der Waals surface area (Å²) in [4.78, 5) is 20.6. The Morgan fingerprint density at radius 1 is 1.00 bits per heavy atom. The van der Waals surface area contributed by atoms with Gasteiger partial charge in [0.25, 0.3) is 0 Å². The van der Waals surface area contributed by atoms with Crippen LogP contribution in [0.2, 0.25) is 0 Å². The number of para-hydroxylation sites is 1. The maximum Gasteiger partial charge on any atom is 0.225 e. The number of nitrogens with zero attached hydrogens (tertiary/aromatic N) is 3. The van der Waals surface area contributed by atoms with Crippen LogP contribution in [0.5, 0.6) is 0 Å². The second-order valence-electron chi connectivity index (χ2n) is 9.66. The van der Waals surface area contributed by atoms with Gasteiger partial charge in [-0.05, 0) is 48.7 Å². The van der Waals surface area contributed by atoms with Gasteiger partial charge in [-0.25, -0.2) is 4.39 Å². The van der Waals surface area contributed by atoms with Crippen LogP contribution in [-0.2, 0) is 22.5 Å². The number of hydrogen-bond donors (Lipinski definition) is 1. The Morgan fingerprint density at radius 2 is 1.79 bits per heavy atom. The monoisotopic (exact) mass is 466 g/mol. The molecule has 3 aliphatic heterocycles. The molecule has 7 heteroatoms. The first-order valence-corrected chi connectivity index (χ1v) is 12.6. The first-order chi connectivity index (χ1) is 16.7. The Morgan fingerprint density at radius 3 is 2.62 bits per heavy atom. The Labute approximate surface area is 201 Å². The summed E-state index contributed by atoms with van der Waals surface area (Å²) in [6, 6.07) is 15.4. The predicted octanol–water partition coefficient (Wildman–Crippen LogP) is 2.53. The van der Waals surface area contributed by atoms with Crippen LogP contribution in [0.4, 0.5) is 10.1 Å². The molecule has 2 aromatic rings. The van der Waals surface area contributed by atoms with Crippen molar-refractivity contribution in [1.29, 1.82) is 0 Å². The van der Waals surface area contributed by atoms with E-state index in [2.05, 4.69) is 44.3 Å². The number of amides is 1. The number of ether oxygens (including phenoxy) is 1. The van der Waals surface area contributed by atoms with Crippen LogP contribution >= 0.6 is 0 Å². The van der Waals surface area contributed by atoms with E-state index < -0.39 is 0 Å². The van der Waals surface area contributed by atoms with Gasteiger partial charge in [0.1, 0.15) is 5.82 Å². The van der Waals surface area contributed by atoms with Gasteiger partial charge in [-0.15, -0.1) is 0 Å². The molecule has 3 heterocycles. The number of morpholine rings is 1. The maximum absolute atomic E-state index is 13.4. The molecule has 2 atom stereocenters. The fourth-order valence-corrected chi connectivity index (χ4v) is 5.58. The molecule has 1 N–H and O–H groups in total. The van der Waals surface area contributed by atoms with Crippen molar-refractivity contribution in [3.8, 4) is 0 Å². The molecule has 0 spiro atoms. The minimum atomic E-state index is -0.206. The van der Waals surface area contributed by atoms with Gasteiger partial charge in [0, 0.05) is 51.5 Å². The molecular formula is C27H35FN4O2. The smallest absolute Gasteiger partial charge is 0.225 e. The first kappa shape index (κ1) is 23.3. The van der Waals surface area contributed by atoms with Gasteiger partial charge in [0.05, 0.1) is 25.2 Å². The van der Waals surface area contributed by atoms with E-state index in [-0.39, 0.29) is 23.7 Å². The number of nitrogens with one attached hydrogen (secondary N) is 1. The Bertz CT molecular complexity index is 963. The molecule has 0 saturated carbocycles. The van der Waals surface area contributed by atoms with Crippen LogP contribution in [0.1, 0.15) is 17.5 Å². The number of anilines is 1. The number of carbonyl (C=O) groups is 1. The quantitative estimate of drug-likeness (QED) is 0.636. The molecule has 34 heavy (non-hydrogen) atoms. The predicted molar refractivity (Wildman–Crippen MR) is 131 cm³/mol. The Balaban J connectivity index is 1.23. The first-order valence-electron chi connectivity index (χ1n) is 12.6. The largest absolute Gasteiger partial charge is 0.379 e. The van der Waals surface area contributed by atoms with Gasteiger partial charge in [-0.2, -0.15) is 0 Å². The van der Waals surface area contributed by atoms with E-state index in [1.807, 2.05) is 12.1 Å². The standard InChI is InChI=1S/C27H35FN4O2/c28-23-8-6-21(7-9-23)19-31-12-13-32-25-5-2-1-4-22(25)18-24(26(32)20-31)27(33)29-10-3-11-30-14-16-34-17-15-30/h1-2,4-9,24,26H,3,10-20H2,(H,29,33)/t24-,26+/m0/s1. The van der Waals surface area contributed by atoms with Crippen LogP contribution in [0.15, 0.2) is 48.5 Å². The second-order valence-corrected chi connectivity index (χ2v) is 9.66. The molecule has 1 amide bonds. The van der Waals surface area contributed by atoms with E-state index in [0.717, 1.165) is 77.4 Å². The average molecular weight is 467 g/mol. The van der Waals surface area contributed by atoms with Crippen LogP contribution in [0.3, 0.4) is 0 Å². The highest BCUT2D eigenvalue weighted by Crippen LogP contribution is 2.36. The minimum Gasteiger partial charge on any atom is -0.379 e. The zero-order chi connectivity index (χ0) is 23.3. The summed E-state index contributed by atoms with van der Waals surface area (Å²) >= 11 is 0. The Hall–Kier alpha value is -2.48. The van der Waals surface area contributed by atoms with E-state index in [4.69, 9.17) is 4.74 Å². The zero-order valence-corrected chi connectivity index (χ0v) is 19.8. The SMILES string of the molecule is O=C(NCCCN1CCOCC1)[C@H]1Cc2ccccc2N2CCN(Cc3ccc(F)cc3)C[C@H]12. The molecule has 6 nitrogen and oxygen atoms in total. The molecule has 0 radical (unpaired) electrons. The topological polar surface area (TPSA) is 48.1 Å². The minimum absolute atomic E-state index is 0.0747. The third-order valence-corrected chi connectivity index (χ3v) is 7.42. The molecule has 182 valence electrons. The molecule has 5 rings (SSSR count). The molecule has 2 aromatic carbocycles. The number of piperazine rings is 1. The highest BCUT2D eigenvalue weighted by atomic mass is 19.1. The summed E-state index contributed by atoms with van der Waals surface area (Å²) < 4.78 is 18.7. The molecule has 0 aromatic heterocycles. The lowest BCUT2D eigenvalue weighted by molar-refractivity contribution is -0.126. The van der Waals surface area contributed by atoms with Crippen LogP contribution < -0.4 is 10.2 Å². The van der Waals surface area contributed by atoms with Gasteiger partial charge >= 0.3 is 0 Å². The summed E-state index contributed by atoms with van der Waals surface area (Å²) in [6.07, 6.45) is 1.73. The number of rotatable bonds is 7. The highest BCUT2D eigenvalue weighted by Gasteiger charge is 2.41. The Kier molecular flexibility index (Phi) is 7.42. The summed E-state index contributed by atoms with van der Waals surface area (Å²) in [7, 11) is 0. The molecule has 2 fully saturated rings. The van der Waals surface area contributed by atoms with Crippen molar-refractivity contribution >= 4 is 11.6 Å². The van der Waals surface area contributed by atoms with Gasteiger partial charge in [0.2, 0.25) is 5.91 Å². The maximum atomic E-state index is 13.4. The zero-order valence-electron chi connectivity index (χ0n) is 19.8. The molecule has 0 unspecified atom stereocenters. The lowest BCUT2D eigenvalue weighted by Crippen LogP contribution is -2.61. The number of fused-ring (bicyclic) bond motifs is 3. The lowest BCUT2D eigenvalue weighted by Gasteiger charge is -2.49. The molecule has 3 aliphatic rings. The van der Waals surface area contributed by atoms with Gasteiger partial charge in [0.15, 0.2) is 0 Å². The second kappa shape index (κ2) is 10.8. The molecule has 0 aliphatic carbocycles. The van der Waals surface area contributed by atoms with Crippen molar-refractivity contribution < 1.29 is 13.9 Å². The number of carbonyl (C=O) groups excluding carboxylic acids is 1. The van der Waals surface area contributed by atoms with Crippen molar-refractivity contribution in [2.45, 2.75) is 25.4 Å². The van der Waals surface area contributed by atoms with E-state index in [9.17, 15) is 9.18 Å². The lowest BCUT2D eigenvalue weighted by atomic mass is 9.83. The van der Waals surface area contributed by atoms with Crippen LogP contribution in [0.25, 0.3) is 0 Å². The van der Waals surface area contributed by atoms with Crippen molar-refractivity contribution in [3.63, 3.8) is 0 Å². The van der Waals surface area contributed by atoms with Crippen molar-refractivity contribution in [1.82, 2.24) is 15.1 Å². The molecule has 0 bridgehead atoms. The number of hydrogen-bond acceptors (Lipinski definition) is 5. The van der Waals surface area contributed by atoms with E-state index in [1.54, 1.807) is 0 Å².